The zero-order valence-corrected chi connectivity index (χ0v) is 12.9. The van der Waals surface area contributed by atoms with E-state index in [4.69, 9.17) is 0 Å². The first-order chi connectivity index (χ1) is 11.5. The molecule has 0 saturated carbocycles. The van der Waals surface area contributed by atoms with Crippen LogP contribution in [0.2, 0.25) is 0 Å². The molecular formula is C16H10FN3O3S. The second-order valence-electron chi connectivity index (χ2n) is 4.77. The maximum Gasteiger partial charge on any atom is 0.306 e. The molecule has 6 nitrogen and oxygen atoms in total. The van der Waals surface area contributed by atoms with E-state index in [0.717, 1.165) is 22.3 Å². The largest absolute Gasteiger partial charge is 0.322 e. The molecule has 0 saturated heterocycles. The number of hydrogen-bond donors (Lipinski definition) is 1. The van der Waals surface area contributed by atoms with Crippen LogP contribution in [0, 0.1) is 15.9 Å². The number of hydrogen-bond acceptors (Lipinski definition) is 5. The fourth-order valence-electron chi connectivity index (χ4n) is 2.02. The summed E-state index contributed by atoms with van der Waals surface area (Å²) in [6.07, 6.45) is 2.82. The van der Waals surface area contributed by atoms with Gasteiger partial charge in [-0.15, -0.1) is 11.3 Å². The molecule has 0 fully saturated rings. The van der Waals surface area contributed by atoms with Crippen LogP contribution in [0.3, 0.4) is 0 Å². The summed E-state index contributed by atoms with van der Waals surface area (Å²) < 4.78 is 14.3. The molecule has 8 heteroatoms. The Bertz CT molecular complexity index is 935. The average molecular weight is 343 g/mol. The van der Waals surface area contributed by atoms with Crippen molar-refractivity contribution in [1.29, 1.82) is 0 Å². The van der Waals surface area contributed by atoms with Crippen molar-refractivity contribution < 1.29 is 14.1 Å². The number of para-hydroxylation sites is 1. The average Bonchev–Trinajstić information content (AvgIpc) is 2.97. The number of nitro groups is 1. The number of carbonyl (C=O) groups is 1. The van der Waals surface area contributed by atoms with Crippen molar-refractivity contribution in [2.75, 3.05) is 5.32 Å². The number of benzene rings is 2. The zero-order chi connectivity index (χ0) is 17.1. The third-order valence-electron chi connectivity index (χ3n) is 3.10. The second-order valence-corrected chi connectivity index (χ2v) is 5.83. The SMILES string of the molecule is O=C(/C=C/c1nc2ccccc2s1)Nc1ccc(F)c([N+](=O)[O-])c1. The van der Waals surface area contributed by atoms with Gasteiger partial charge in [-0.3, -0.25) is 14.9 Å². The topological polar surface area (TPSA) is 85.1 Å². The lowest BCUT2D eigenvalue weighted by molar-refractivity contribution is -0.387. The number of halogens is 1. The van der Waals surface area contributed by atoms with Gasteiger partial charge in [0.25, 0.3) is 0 Å². The van der Waals surface area contributed by atoms with Crippen LogP contribution in [-0.2, 0) is 4.79 Å². The lowest BCUT2D eigenvalue weighted by atomic mass is 10.2. The number of anilines is 1. The summed E-state index contributed by atoms with van der Waals surface area (Å²) in [6.45, 7) is 0. The van der Waals surface area contributed by atoms with Gasteiger partial charge in [0.15, 0.2) is 0 Å². The van der Waals surface area contributed by atoms with E-state index in [2.05, 4.69) is 10.3 Å². The first-order valence-corrected chi connectivity index (χ1v) is 7.63. The summed E-state index contributed by atoms with van der Waals surface area (Å²) in [6, 6.07) is 10.8. The van der Waals surface area contributed by atoms with E-state index in [-0.39, 0.29) is 5.69 Å². The first-order valence-electron chi connectivity index (χ1n) is 6.81. The van der Waals surface area contributed by atoms with Crippen LogP contribution < -0.4 is 5.32 Å². The van der Waals surface area contributed by atoms with Crippen LogP contribution in [0.15, 0.2) is 48.5 Å². The summed E-state index contributed by atoms with van der Waals surface area (Å²) in [4.78, 5) is 26.1. The van der Waals surface area contributed by atoms with Gasteiger partial charge < -0.3 is 5.32 Å². The summed E-state index contributed by atoms with van der Waals surface area (Å²) in [5, 5.41) is 13.8. The van der Waals surface area contributed by atoms with E-state index in [1.165, 1.54) is 23.5 Å². The van der Waals surface area contributed by atoms with Crippen molar-refractivity contribution >= 4 is 44.9 Å². The lowest BCUT2D eigenvalue weighted by Gasteiger charge is -2.02. The Labute approximate surface area is 139 Å². The molecule has 24 heavy (non-hydrogen) atoms. The number of nitro benzene ring substituents is 1. The molecule has 0 spiro atoms. The Hall–Kier alpha value is -3.13. The molecule has 0 unspecified atom stereocenters. The van der Waals surface area contributed by atoms with Crippen LogP contribution in [0.25, 0.3) is 16.3 Å². The molecule has 120 valence electrons. The normalized spacial score (nSPS) is 11.0. The number of nitrogens with zero attached hydrogens (tertiary/aromatic N) is 2. The van der Waals surface area contributed by atoms with Gasteiger partial charge in [-0.25, -0.2) is 4.98 Å². The molecule has 0 atom stereocenters. The molecule has 1 heterocycles. The molecule has 0 aliphatic rings. The fourth-order valence-corrected chi connectivity index (χ4v) is 2.89. The molecule has 1 aromatic heterocycles. The van der Waals surface area contributed by atoms with Gasteiger partial charge in [0.05, 0.1) is 15.1 Å². The van der Waals surface area contributed by atoms with Gasteiger partial charge in [-0.2, -0.15) is 4.39 Å². The van der Waals surface area contributed by atoms with Crippen molar-refractivity contribution in [3.8, 4) is 0 Å². The van der Waals surface area contributed by atoms with Crippen molar-refractivity contribution in [2.45, 2.75) is 0 Å². The molecule has 1 amide bonds. The van der Waals surface area contributed by atoms with Gasteiger partial charge in [-0.1, -0.05) is 12.1 Å². The number of fused-ring (bicyclic) bond motifs is 1. The third kappa shape index (κ3) is 3.44. The molecule has 3 aromatic rings. The number of carbonyl (C=O) groups excluding carboxylic acids is 1. The Morgan fingerprint density at radius 1 is 1.29 bits per heavy atom. The van der Waals surface area contributed by atoms with Crippen molar-refractivity contribution in [3.05, 3.63) is 69.5 Å². The number of aromatic nitrogens is 1. The van der Waals surface area contributed by atoms with Crippen molar-refractivity contribution in [2.24, 2.45) is 0 Å². The molecular weight excluding hydrogens is 333 g/mol. The van der Waals surface area contributed by atoms with Crippen LogP contribution in [0.1, 0.15) is 5.01 Å². The molecule has 1 N–H and O–H groups in total. The van der Waals surface area contributed by atoms with E-state index in [1.807, 2.05) is 24.3 Å². The highest BCUT2D eigenvalue weighted by molar-refractivity contribution is 7.19. The van der Waals surface area contributed by atoms with Gasteiger partial charge in [0, 0.05) is 17.8 Å². The monoisotopic (exact) mass is 343 g/mol. The van der Waals surface area contributed by atoms with E-state index in [9.17, 15) is 19.3 Å². The third-order valence-corrected chi connectivity index (χ3v) is 4.10. The highest BCUT2D eigenvalue weighted by Crippen LogP contribution is 2.23. The molecule has 2 aromatic carbocycles. The maximum atomic E-state index is 13.3. The second kappa shape index (κ2) is 6.55. The van der Waals surface area contributed by atoms with Crippen molar-refractivity contribution in [3.63, 3.8) is 0 Å². The lowest BCUT2D eigenvalue weighted by Crippen LogP contribution is -2.08. The number of thiazole rings is 1. The standard InChI is InChI=1S/C16H10FN3O3S/c17-11-6-5-10(9-13(11)20(22)23)18-15(21)7-8-16-19-12-3-1-2-4-14(12)24-16/h1-9H,(H,18,21)/b8-7+. The van der Waals surface area contributed by atoms with Gasteiger partial charge >= 0.3 is 5.69 Å². The quantitative estimate of drug-likeness (QED) is 0.441. The Morgan fingerprint density at radius 2 is 2.08 bits per heavy atom. The number of nitrogens with one attached hydrogen (secondary N) is 1. The van der Waals surface area contributed by atoms with Crippen LogP contribution in [-0.4, -0.2) is 15.8 Å². The van der Waals surface area contributed by atoms with E-state index in [1.54, 1.807) is 6.08 Å². The van der Waals surface area contributed by atoms with Crippen LogP contribution in [0.4, 0.5) is 15.8 Å². The zero-order valence-electron chi connectivity index (χ0n) is 12.1. The van der Waals surface area contributed by atoms with Crippen molar-refractivity contribution in [1.82, 2.24) is 4.98 Å². The highest BCUT2D eigenvalue weighted by Gasteiger charge is 2.14. The van der Waals surface area contributed by atoms with Crippen LogP contribution in [0.5, 0.6) is 0 Å². The van der Waals surface area contributed by atoms with Crippen LogP contribution >= 0.6 is 11.3 Å². The summed E-state index contributed by atoms with van der Waals surface area (Å²) in [5.41, 5.74) is 0.293. The van der Waals surface area contributed by atoms with E-state index < -0.39 is 22.3 Å². The predicted octanol–water partition coefficient (Wildman–Crippen LogP) is 4.00. The Morgan fingerprint density at radius 3 is 2.83 bits per heavy atom. The number of rotatable bonds is 4. The van der Waals surface area contributed by atoms with Gasteiger partial charge in [0.2, 0.25) is 11.7 Å². The minimum absolute atomic E-state index is 0.141. The van der Waals surface area contributed by atoms with E-state index in [0.29, 0.717) is 5.01 Å². The minimum atomic E-state index is -0.956. The molecule has 0 radical (unpaired) electrons. The Balaban J connectivity index is 1.73. The fraction of sp³-hybridized carbons (Fsp3) is 0. The number of amides is 1. The minimum Gasteiger partial charge on any atom is -0.322 e. The Kier molecular flexibility index (Phi) is 4.30. The first kappa shape index (κ1) is 15.8. The molecule has 0 aliphatic heterocycles. The maximum absolute atomic E-state index is 13.3. The van der Waals surface area contributed by atoms with E-state index >= 15 is 0 Å². The molecule has 3 rings (SSSR count). The summed E-state index contributed by atoms with van der Waals surface area (Å²) in [7, 11) is 0. The highest BCUT2D eigenvalue weighted by atomic mass is 32.1. The smallest absolute Gasteiger partial charge is 0.306 e. The van der Waals surface area contributed by atoms with Gasteiger partial charge in [0.1, 0.15) is 5.01 Å². The molecule has 0 bridgehead atoms. The summed E-state index contributed by atoms with van der Waals surface area (Å²) >= 11 is 1.44. The predicted molar refractivity (Wildman–Crippen MR) is 90.3 cm³/mol. The molecule has 0 aliphatic carbocycles. The van der Waals surface area contributed by atoms with Gasteiger partial charge in [-0.05, 0) is 30.3 Å². The summed E-state index contributed by atoms with van der Waals surface area (Å²) in [5.74, 6) is -1.45.